The summed E-state index contributed by atoms with van der Waals surface area (Å²) in [5, 5.41) is 18.8. The maximum atomic E-state index is 9.24. The van der Waals surface area contributed by atoms with Crippen LogP contribution in [0.15, 0.2) is 6.20 Å². The Bertz CT molecular complexity index is 730. The quantitative estimate of drug-likeness (QED) is 0.859. The van der Waals surface area contributed by atoms with Gasteiger partial charge in [0, 0.05) is 11.8 Å². The highest BCUT2D eigenvalue weighted by molar-refractivity contribution is 7.18. The van der Waals surface area contributed by atoms with Gasteiger partial charge < -0.3 is 16.2 Å². The number of hydrogen-bond acceptors (Lipinski definition) is 8. The van der Waals surface area contributed by atoms with E-state index in [2.05, 4.69) is 9.97 Å². The largest absolute Gasteiger partial charge is 0.480 e. The van der Waals surface area contributed by atoms with Crippen molar-refractivity contribution in [1.29, 1.82) is 10.5 Å². The maximum Gasteiger partial charge on any atom is 0.234 e. The van der Waals surface area contributed by atoms with Crippen LogP contribution in [0.4, 0.5) is 10.9 Å². The van der Waals surface area contributed by atoms with Gasteiger partial charge in [-0.05, 0) is 0 Å². The number of methoxy groups -OCH3 is 1. The third-order valence-corrected chi connectivity index (χ3v) is 3.22. The minimum Gasteiger partial charge on any atom is -0.480 e. The van der Waals surface area contributed by atoms with Crippen molar-refractivity contribution >= 4 is 34.7 Å². The fraction of sp³-hybridized carbons (Fsp3) is 0.0909. The van der Waals surface area contributed by atoms with E-state index in [1.807, 2.05) is 12.1 Å². The molecule has 0 spiro atoms. The third kappa shape index (κ3) is 2.43. The van der Waals surface area contributed by atoms with Gasteiger partial charge in [0.2, 0.25) is 5.88 Å². The molecule has 0 radical (unpaired) electrons. The summed E-state index contributed by atoms with van der Waals surface area (Å²) in [6, 6.07) is 3.91. The molecule has 0 saturated carbocycles. The Balaban J connectivity index is 0.00000200. The van der Waals surface area contributed by atoms with Crippen LogP contribution in [0, 0.1) is 22.7 Å². The van der Waals surface area contributed by atoms with Crippen molar-refractivity contribution < 1.29 is 4.74 Å². The van der Waals surface area contributed by atoms with Crippen molar-refractivity contribution in [1.82, 2.24) is 9.97 Å². The second-order valence-corrected chi connectivity index (χ2v) is 4.48. The van der Waals surface area contributed by atoms with Gasteiger partial charge in [-0.3, -0.25) is 0 Å². The zero-order chi connectivity index (χ0) is 14.0. The number of anilines is 2. The minimum absolute atomic E-state index is 0. The maximum absolute atomic E-state index is 9.24. The summed E-state index contributed by atoms with van der Waals surface area (Å²) in [5.74, 6) is 0.0706. The van der Waals surface area contributed by atoms with Crippen LogP contribution in [0.1, 0.15) is 11.1 Å². The molecule has 0 aliphatic rings. The number of nitrogens with zero attached hydrogens (tertiary/aromatic N) is 4. The molecule has 2 aromatic heterocycles. The number of halogens is 1. The number of thiazole rings is 1. The van der Waals surface area contributed by atoms with Crippen LogP contribution >= 0.6 is 23.7 Å². The Morgan fingerprint density at radius 1 is 1.25 bits per heavy atom. The number of nitrogens with two attached hydrogens (primary N) is 2. The number of rotatable bonds is 2. The first-order chi connectivity index (χ1) is 9.12. The second kappa shape index (κ2) is 6.06. The van der Waals surface area contributed by atoms with Gasteiger partial charge in [-0.25, -0.2) is 4.98 Å². The summed E-state index contributed by atoms with van der Waals surface area (Å²) in [7, 11) is 1.37. The highest BCUT2D eigenvalue weighted by Gasteiger charge is 2.22. The number of pyridine rings is 1. The first-order valence-electron chi connectivity index (χ1n) is 5.01. The Morgan fingerprint density at radius 2 is 1.90 bits per heavy atom. The Morgan fingerprint density at radius 3 is 2.35 bits per heavy atom. The van der Waals surface area contributed by atoms with Crippen molar-refractivity contribution in [3.8, 4) is 28.5 Å². The summed E-state index contributed by atoms with van der Waals surface area (Å²) in [5.41, 5.74) is 11.9. The summed E-state index contributed by atoms with van der Waals surface area (Å²) in [6.07, 6.45) is 1.48. The summed E-state index contributed by atoms with van der Waals surface area (Å²) in [6.45, 7) is 0. The van der Waals surface area contributed by atoms with Gasteiger partial charge in [0.05, 0.1) is 12.0 Å². The first-order valence-corrected chi connectivity index (χ1v) is 5.83. The Hall–Kier alpha value is -2.55. The van der Waals surface area contributed by atoms with Crippen molar-refractivity contribution in [3.63, 3.8) is 0 Å². The summed E-state index contributed by atoms with van der Waals surface area (Å²) < 4.78 is 5.02. The van der Waals surface area contributed by atoms with Gasteiger partial charge in [-0.15, -0.1) is 12.4 Å². The van der Waals surface area contributed by atoms with E-state index < -0.39 is 0 Å². The molecule has 2 aromatic rings. The number of nitriles is 2. The average molecular weight is 309 g/mol. The molecule has 9 heteroatoms. The van der Waals surface area contributed by atoms with Gasteiger partial charge in [0.1, 0.15) is 29.1 Å². The highest BCUT2D eigenvalue weighted by Crippen LogP contribution is 2.37. The molecule has 0 bridgehead atoms. The molecule has 4 N–H and O–H groups in total. The molecule has 0 fully saturated rings. The minimum atomic E-state index is 0. The number of nitrogen functional groups attached to an aromatic ring is 2. The molecular weight excluding hydrogens is 300 g/mol. The van der Waals surface area contributed by atoms with Crippen LogP contribution in [0.2, 0.25) is 0 Å². The van der Waals surface area contributed by atoms with Crippen molar-refractivity contribution in [2.45, 2.75) is 0 Å². The molecule has 20 heavy (non-hydrogen) atoms. The lowest BCUT2D eigenvalue weighted by Gasteiger charge is -2.09. The molecule has 0 aromatic carbocycles. The second-order valence-electron chi connectivity index (χ2n) is 3.42. The smallest absolute Gasteiger partial charge is 0.234 e. The van der Waals surface area contributed by atoms with Gasteiger partial charge in [-0.2, -0.15) is 15.5 Å². The summed E-state index contributed by atoms with van der Waals surface area (Å²) in [4.78, 5) is 8.36. The van der Waals surface area contributed by atoms with Gasteiger partial charge >= 0.3 is 0 Å². The van der Waals surface area contributed by atoms with E-state index in [4.69, 9.17) is 16.2 Å². The zero-order valence-electron chi connectivity index (χ0n) is 10.2. The normalized spacial score (nSPS) is 9.15. The van der Waals surface area contributed by atoms with Crippen LogP contribution in [0.5, 0.6) is 5.88 Å². The van der Waals surface area contributed by atoms with Crippen molar-refractivity contribution in [2.24, 2.45) is 0 Å². The Kier molecular flexibility index (Phi) is 4.70. The van der Waals surface area contributed by atoms with E-state index in [0.29, 0.717) is 15.6 Å². The number of hydrogen-bond donors (Lipinski definition) is 2. The van der Waals surface area contributed by atoms with Crippen molar-refractivity contribution in [3.05, 3.63) is 17.3 Å². The predicted octanol–water partition coefficient (Wildman–Crippen LogP) is 1.54. The molecule has 0 amide bonds. The lowest BCUT2D eigenvalue weighted by molar-refractivity contribution is 0.397. The molecule has 2 heterocycles. The topological polar surface area (TPSA) is 135 Å². The third-order valence-electron chi connectivity index (χ3n) is 2.38. The van der Waals surface area contributed by atoms with Crippen LogP contribution in [-0.2, 0) is 0 Å². The monoisotopic (exact) mass is 308 g/mol. The van der Waals surface area contributed by atoms with Gasteiger partial charge in [-0.1, -0.05) is 11.3 Å². The molecule has 0 aliphatic carbocycles. The fourth-order valence-electron chi connectivity index (χ4n) is 1.60. The number of ether oxygens (including phenoxy) is 1. The van der Waals surface area contributed by atoms with Crippen molar-refractivity contribution in [2.75, 3.05) is 18.6 Å². The molecular formula is C11H9ClN6OS. The highest BCUT2D eigenvalue weighted by atomic mass is 35.5. The SMILES string of the molecule is COc1nc(N)c(C#N)c(-c2cnc(N)s2)c1C#N.Cl. The van der Waals surface area contributed by atoms with Crippen LogP contribution in [0.3, 0.4) is 0 Å². The van der Waals surface area contributed by atoms with Crippen LogP contribution in [0.25, 0.3) is 10.4 Å². The van der Waals surface area contributed by atoms with E-state index in [-0.39, 0.29) is 35.2 Å². The molecule has 7 nitrogen and oxygen atoms in total. The van der Waals surface area contributed by atoms with E-state index >= 15 is 0 Å². The number of aromatic nitrogens is 2. The standard InChI is InChI=1S/C11H8N6OS.ClH/c1-18-10-6(3-13)8(5(2-12)9(14)17-10)7-4-16-11(15)19-7;/h4H,1H3,(H2,14,17)(H2,15,16);1H. The van der Waals surface area contributed by atoms with E-state index in [9.17, 15) is 10.5 Å². The molecule has 0 saturated heterocycles. The van der Waals surface area contributed by atoms with E-state index in [0.717, 1.165) is 11.3 Å². The molecule has 102 valence electrons. The lowest BCUT2D eigenvalue weighted by atomic mass is 10.0. The average Bonchev–Trinajstić information content (AvgIpc) is 2.83. The molecule has 0 unspecified atom stereocenters. The first kappa shape index (κ1) is 15.5. The van der Waals surface area contributed by atoms with Crippen LogP contribution in [-0.4, -0.2) is 17.1 Å². The van der Waals surface area contributed by atoms with Gasteiger partial charge in [0.25, 0.3) is 0 Å². The predicted molar refractivity (Wildman–Crippen MR) is 77.4 cm³/mol. The molecule has 0 aliphatic heterocycles. The zero-order valence-corrected chi connectivity index (χ0v) is 11.9. The summed E-state index contributed by atoms with van der Waals surface area (Å²) >= 11 is 1.15. The van der Waals surface area contributed by atoms with E-state index in [1.54, 1.807) is 0 Å². The van der Waals surface area contributed by atoms with E-state index in [1.165, 1.54) is 13.3 Å². The van der Waals surface area contributed by atoms with Crippen LogP contribution < -0.4 is 16.2 Å². The molecule has 2 rings (SSSR count). The molecule has 0 atom stereocenters. The lowest BCUT2D eigenvalue weighted by Crippen LogP contribution is -2.03. The Labute approximate surface area is 124 Å². The fourth-order valence-corrected chi connectivity index (χ4v) is 2.34. The van der Waals surface area contributed by atoms with Gasteiger partial charge in [0.15, 0.2) is 5.13 Å².